The zero-order chi connectivity index (χ0) is 10.8. The Morgan fingerprint density at radius 3 is 2.73 bits per heavy atom. The van der Waals surface area contributed by atoms with Crippen LogP contribution in [0.25, 0.3) is 0 Å². The van der Waals surface area contributed by atoms with Crippen molar-refractivity contribution in [3.8, 4) is 5.75 Å². The van der Waals surface area contributed by atoms with Gasteiger partial charge >= 0.3 is 0 Å². The van der Waals surface area contributed by atoms with Crippen molar-refractivity contribution in [1.82, 2.24) is 5.32 Å². The highest BCUT2D eigenvalue weighted by atomic mass is 35.5. The summed E-state index contributed by atoms with van der Waals surface area (Å²) in [4.78, 5) is 0. The molecule has 1 aromatic carbocycles. The fourth-order valence-corrected chi connectivity index (χ4v) is 2.48. The maximum absolute atomic E-state index is 9.84. The summed E-state index contributed by atoms with van der Waals surface area (Å²) in [7, 11) is 0. The van der Waals surface area contributed by atoms with Gasteiger partial charge in [-0.3, -0.25) is 0 Å². The molecule has 2 nitrogen and oxygen atoms in total. The first-order valence-corrected chi connectivity index (χ1v) is 5.85. The SMILES string of the molecule is Oc1c(Cl)cc(Cl)cc1[C@H]1CCCCN1. The number of benzene rings is 1. The number of nitrogens with one attached hydrogen (secondary N) is 1. The molecule has 1 atom stereocenters. The molecule has 1 heterocycles. The van der Waals surface area contributed by atoms with E-state index in [1.54, 1.807) is 12.1 Å². The molecule has 1 fully saturated rings. The van der Waals surface area contributed by atoms with Gasteiger partial charge in [0.05, 0.1) is 5.02 Å². The Kier molecular flexibility index (Phi) is 3.39. The highest BCUT2D eigenvalue weighted by molar-refractivity contribution is 6.35. The predicted molar refractivity (Wildman–Crippen MR) is 62.7 cm³/mol. The Labute approximate surface area is 99.2 Å². The van der Waals surface area contributed by atoms with Crippen LogP contribution >= 0.6 is 23.2 Å². The molecule has 2 N–H and O–H groups in total. The average Bonchev–Trinajstić information content (AvgIpc) is 2.24. The first-order valence-electron chi connectivity index (χ1n) is 5.10. The highest BCUT2D eigenvalue weighted by Gasteiger charge is 2.19. The molecule has 0 aliphatic carbocycles. The lowest BCUT2D eigenvalue weighted by Gasteiger charge is -2.24. The molecule has 0 radical (unpaired) electrons. The molecule has 1 aliphatic heterocycles. The molecule has 15 heavy (non-hydrogen) atoms. The fraction of sp³-hybridized carbons (Fsp3) is 0.455. The first-order chi connectivity index (χ1) is 7.18. The van der Waals surface area contributed by atoms with E-state index in [0.717, 1.165) is 18.5 Å². The van der Waals surface area contributed by atoms with Gasteiger partial charge in [-0.05, 0) is 31.5 Å². The van der Waals surface area contributed by atoms with E-state index in [2.05, 4.69) is 5.32 Å². The minimum Gasteiger partial charge on any atom is -0.506 e. The van der Waals surface area contributed by atoms with Gasteiger partial charge in [0.1, 0.15) is 5.75 Å². The molecule has 1 saturated heterocycles. The van der Waals surface area contributed by atoms with Crippen molar-refractivity contribution in [2.45, 2.75) is 25.3 Å². The summed E-state index contributed by atoms with van der Waals surface area (Å²) >= 11 is 11.8. The number of hydrogen-bond donors (Lipinski definition) is 2. The second-order valence-electron chi connectivity index (χ2n) is 3.83. The van der Waals surface area contributed by atoms with Crippen LogP contribution in [-0.4, -0.2) is 11.7 Å². The maximum Gasteiger partial charge on any atom is 0.139 e. The number of rotatable bonds is 1. The molecule has 0 aromatic heterocycles. The molecule has 1 aromatic rings. The van der Waals surface area contributed by atoms with Crippen molar-refractivity contribution < 1.29 is 5.11 Å². The van der Waals surface area contributed by atoms with Gasteiger partial charge in [0.15, 0.2) is 0 Å². The summed E-state index contributed by atoms with van der Waals surface area (Å²) in [5.74, 6) is 0.153. The monoisotopic (exact) mass is 245 g/mol. The van der Waals surface area contributed by atoms with Crippen LogP contribution in [0.2, 0.25) is 10.0 Å². The molecule has 4 heteroatoms. The molecule has 0 bridgehead atoms. The van der Waals surface area contributed by atoms with Gasteiger partial charge < -0.3 is 10.4 Å². The van der Waals surface area contributed by atoms with Crippen LogP contribution in [0, 0.1) is 0 Å². The molecular weight excluding hydrogens is 233 g/mol. The molecule has 1 aliphatic rings. The molecule has 0 saturated carbocycles. The second-order valence-corrected chi connectivity index (χ2v) is 4.67. The largest absolute Gasteiger partial charge is 0.506 e. The van der Waals surface area contributed by atoms with E-state index in [1.807, 2.05) is 0 Å². The van der Waals surface area contributed by atoms with Gasteiger partial charge in [-0.1, -0.05) is 29.6 Å². The smallest absolute Gasteiger partial charge is 0.139 e. The molecule has 2 rings (SSSR count). The van der Waals surface area contributed by atoms with Gasteiger partial charge in [0.2, 0.25) is 0 Å². The lowest BCUT2D eigenvalue weighted by atomic mass is 9.97. The Morgan fingerprint density at radius 2 is 2.07 bits per heavy atom. The van der Waals surface area contributed by atoms with Crippen LogP contribution in [-0.2, 0) is 0 Å². The maximum atomic E-state index is 9.84. The van der Waals surface area contributed by atoms with E-state index in [-0.39, 0.29) is 11.8 Å². The molecule has 0 unspecified atom stereocenters. The van der Waals surface area contributed by atoms with E-state index in [9.17, 15) is 5.11 Å². The summed E-state index contributed by atoms with van der Waals surface area (Å²) in [5.41, 5.74) is 0.812. The Morgan fingerprint density at radius 1 is 1.27 bits per heavy atom. The number of hydrogen-bond acceptors (Lipinski definition) is 2. The molecular formula is C11H13Cl2NO. The molecule has 0 amide bonds. The van der Waals surface area contributed by atoms with E-state index in [1.165, 1.54) is 12.8 Å². The summed E-state index contributed by atoms with van der Waals surface area (Å²) in [6.07, 6.45) is 3.37. The van der Waals surface area contributed by atoms with E-state index >= 15 is 0 Å². The van der Waals surface area contributed by atoms with Crippen molar-refractivity contribution >= 4 is 23.2 Å². The number of phenolic OH excluding ortho intramolecular Hbond substituents is 1. The number of piperidine rings is 1. The third kappa shape index (κ3) is 2.39. The van der Waals surface area contributed by atoms with Gasteiger partial charge in [-0.25, -0.2) is 0 Å². The minimum atomic E-state index is 0.153. The van der Waals surface area contributed by atoms with Crippen LogP contribution in [0.1, 0.15) is 30.9 Å². The normalized spacial score (nSPS) is 21.6. The summed E-state index contributed by atoms with van der Waals surface area (Å²) in [6.45, 7) is 0.980. The zero-order valence-corrected chi connectivity index (χ0v) is 9.78. The molecule has 0 spiro atoms. The summed E-state index contributed by atoms with van der Waals surface area (Å²) < 4.78 is 0. The van der Waals surface area contributed by atoms with Crippen LogP contribution in [0.4, 0.5) is 0 Å². The third-order valence-electron chi connectivity index (χ3n) is 2.74. The van der Waals surface area contributed by atoms with Crippen molar-refractivity contribution in [2.24, 2.45) is 0 Å². The Hall–Kier alpha value is -0.440. The Bertz CT molecular complexity index is 362. The van der Waals surface area contributed by atoms with Crippen molar-refractivity contribution in [3.63, 3.8) is 0 Å². The van der Waals surface area contributed by atoms with E-state index < -0.39 is 0 Å². The van der Waals surface area contributed by atoms with Gasteiger partial charge in [-0.15, -0.1) is 0 Å². The lowest BCUT2D eigenvalue weighted by molar-refractivity contribution is 0.391. The minimum absolute atomic E-state index is 0.153. The lowest BCUT2D eigenvalue weighted by Crippen LogP contribution is -2.26. The number of phenols is 1. The number of aromatic hydroxyl groups is 1. The summed E-state index contributed by atoms with van der Waals surface area (Å²) in [5, 5.41) is 14.1. The first kappa shape index (κ1) is 11.1. The standard InChI is InChI=1S/C11H13Cl2NO/c12-7-5-8(11(15)9(13)6-7)10-3-1-2-4-14-10/h5-6,10,14-15H,1-4H2/t10-/m1/s1. The zero-order valence-electron chi connectivity index (χ0n) is 8.26. The predicted octanol–water partition coefficient (Wildman–Crippen LogP) is 3.51. The van der Waals surface area contributed by atoms with Gasteiger partial charge in [0, 0.05) is 16.6 Å². The van der Waals surface area contributed by atoms with Crippen LogP contribution in [0.3, 0.4) is 0 Å². The van der Waals surface area contributed by atoms with Crippen LogP contribution in [0.5, 0.6) is 5.75 Å². The topological polar surface area (TPSA) is 32.3 Å². The van der Waals surface area contributed by atoms with Crippen LogP contribution in [0.15, 0.2) is 12.1 Å². The molecule has 82 valence electrons. The van der Waals surface area contributed by atoms with E-state index in [0.29, 0.717) is 10.0 Å². The van der Waals surface area contributed by atoms with Crippen LogP contribution < -0.4 is 5.32 Å². The number of halogens is 2. The Balaban J connectivity index is 2.33. The summed E-state index contributed by atoms with van der Waals surface area (Å²) in [6, 6.07) is 3.52. The van der Waals surface area contributed by atoms with Gasteiger partial charge in [-0.2, -0.15) is 0 Å². The van der Waals surface area contributed by atoms with Gasteiger partial charge in [0.25, 0.3) is 0 Å². The fourth-order valence-electron chi connectivity index (χ4n) is 1.97. The van der Waals surface area contributed by atoms with Crippen molar-refractivity contribution in [1.29, 1.82) is 0 Å². The average molecular weight is 246 g/mol. The second kappa shape index (κ2) is 4.60. The highest BCUT2D eigenvalue weighted by Crippen LogP contribution is 2.37. The van der Waals surface area contributed by atoms with Crippen molar-refractivity contribution in [3.05, 3.63) is 27.7 Å². The third-order valence-corrected chi connectivity index (χ3v) is 3.25. The van der Waals surface area contributed by atoms with E-state index in [4.69, 9.17) is 23.2 Å². The van der Waals surface area contributed by atoms with Crippen molar-refractivity contribution in [2.75, 3.05) is 6.54 Å². The quantitative estimate of drug-likeness (QED) is 0.794.